The highest BCUT2D eigenvalue weighted by molar-refractivity contribution is 7.95. The first-order valence-electron chi connectivity index (χ1n) is 4.92. The first kappa shape index (κ1) is 13.3. The van der Waals surface area contributed by atoms with E-state index in [1.165, 1.54) is 24.3 Å². The molecule has 2 aromatic rings. The Bertz CT molecular complexity index is 756. The van der Waals surface area contributed by atoms with Crippen LogP contribution in [-0.2, 0) is 19.7 Å². The first-order valence-corrected chi connectivity index (χ1v) is 9.11. The van der Waals surface area contributed by atoms with Gasteiger partial charge in [-0.2, -0.15) is 0 Å². The molecule has 0 atom stereocenters. The predicted molar refractivity (Wildman–Crippen MR) is 69.3 cm³/mol. The van der Waals surface area contributed by atoms with Gasteiger partial charge in [0.1, 0.15) is 8.42 Å². The highest BCUT2D eigenvalue weighted by atomic mass is 32.3. The molecule has 0 spiro atoms. The predicted octanol–water partition coefficient (Wildman–Crippen LogP) is 1.98. The summed E-state index contributed by atoms with van der Waals surface area (Å²) in [5, 5.41) is 0. The van der Waals surface area contributed by atoms with Crippen molar-refractivity contribution in [3.63, 3.8) is 0 Å². The van der Waals surface area contributed by atoms with Crippen molar-refractivity contribution < 1.29 is 16.8 Å². The molecule has 96 valence electrons. The minimum atomic E-state index is -3.62. The molecule has 0 unspecified atom stereocenters. The van der Waals surface area contributed by atoms with Gasteiger partial charge in [0.25, 0.3) is 0 Å². The van der Waals surface area contributed by atoms with Crippen LogP contribution in [0.15, 0.2) is 55.8 Å². The summed E-state index contributed by atoms with van der Waals surface area (Å²) in [7, 11) is -6.99. The van der Waals surface area contributed by atoms with Crippen LogP contribution in [0.2, 0.25) is 0 Å². The molecule has 0 saturated heterocycles. The molecule has 2 rings (SSSR count). The highest BCUT2D eigenvalue weighted by Crippen LogP contribution is 2.29. The van der Waals surface area contributed by atoms with Gasteiger partial charge in [-0.1, -0.05) is 18.2 Å². The standard InChI is InChI=1S/C11H10O4S3/c1-17(12,13)10-7-8-11(16-10)18(14,15)9-5-3-2-4-6-9/h2-8H,1H3. The van der Waals surface area contributed by atoms with Crippen LogP contribution in [0.3, 0.4) is 0 Å². The normalized spacial score (nSPS) is 12.5. The molecule has 0 fully saturated rings. The Kier molecular flexibility index (Phi) is 3.31. The van der Waals surface area contributed by atoms with Crippen LogP contribution >= 0.6 is 11.3 Å². The molecule has 0 aliphatic heterocycles. The molecule has 7 heteroatoms. The quantitative estimate of drug-likeness (QED) is 0.869. The zero-order chi connectivity index (χ0) is 13.4. The van der Waals surface area contributed by atoms with Crippen molar-refractivity contribution >= 4 is 31.0 Å². The van der Waals surface area contributed by atoms with Gasteiger partial charge in [-0.15, -0.1) is 11.3 Å². The van der Waals surface area contributed by atoms with Gasteiger partial charge in [-0.05, 0) is 24.3 Å². The second-order valence-corrected chi connectivity index (χ2v) is 9.16. The molecule has 0 bridgehead atoms. The van der Waals surface area contributed by atoms with Crippen molar-refractivity contribution in [3.8, 4) is 0 Å². The zero-order valence-corrected chi connectivity index (χ0v) is 11.8. The summed E-state index contributed by atoms with van der Waals surface area (Å²) in [5.41, 5.74) is 0. The van der Waals surface area contributed by atoms with Crippen LogP contribution in [0, 0.1) is 0 Å². The fourth-order valence-corrected chi connectivity index (χ4v) is 5.17. The number of thiophene rings is 1. The average molecular weight is 302 g/mol. The summed E-state index contributed by atoms with van der Waals surface area (Å²) in [6, 6.07) is 10.6. The molecule has 0 amide bonds. The number of hydrogen-bond acceptors (Lipinski definition) is 5. The lowest BCUT2D eigenvalue weighted by molar-refractivity contribution is 0.598. The van der Waals surface area contributed by atoms with Crippen LogP contribution in [0.5, 0.6) is 0 Å². The maximum absolute atomic E-state index is 12.2. The molecule has 18 heavy (non-hydrogen) atoms. The van der Waals surface area contributed by atoms with Crippen molar-refractivity contribution in [2.24, 2.45) is 0 Å². The summed E-state index contributed by atoms with van der Waals surface area (Å²) >= 11 is 0.766. The van der Waals surface area contributed by atoms with E-state index < -0.39 is 19.7 Å². The molecule has 0 aliphatic carbocycles. The van der Waals surface area contributed by atoms with E-state index in [2.05, 4.69) is 0 Å². The van der Waals surface area contributed by atoms with E-state index in [0.717, 1.165) is 17.6 Å². The van der Waals surface area contributed by atoms with Gasteiger partial charge < -0.3 is 0 Å². The van der Waals surface area contributed by atoms with Crippen molar-refractivity contribution in [1.82, 2.24) is 0 Å². The first-order chi connectivity index (χ1) is 8.32. The second kappa shape index (κ2) is 4.49. The maximum atomic E-state index is 12.2. The number of sulfone groups is 2. The summed E-state index contributed by atoms with van der Waals surface area (Å²) in [6.45, 7) is 0. The van der Waals surface area contributed by atoms with Crippen LogP contribution in [-0.4, -0.2) is 23.1 Å². The molecule has 1 heterocycles. The Morgan fingerprint density at radius 3 is 1.89 bits per heavy atom. The van der Waals surface area contributed by atoms with Crippen LogP contribution < -0.4 is 0 Å². The lowest BCUT2D eigenvalue weighted by atomic mass is 10.4. The van der Waals surface area contributed by atoms with Crippen molar-refractivity contribution in [1.29, 1.82) is 0 Å². The highest BCUT2D eigenvalue weighted by Gasteiger charge is 2.21. The average Bonchev–Trinajstić information content (AvgIpc) is 2.79. The molecule has 1 aromatic carbocycles. The van der Waals surface area contributed by atoms with Gasteiger partial charge in [0, 0.05) is 6.26 Å². The van der Waals surface area contributed by atoms with Crippen LogP contribution in [0.1, 0.15) is 0 Å². The number of rotatable bonds is 3. The van der Waals surface area contributed by atoms with Gasteiger partial charge in [-0.25, -0.2) is 16.8 Å². The third-order valence-electron chi connectivity index (χ3n) is 2.24. The Balaban J connectivity index is 2.54. The molecular weight excluding hydrogens is 292 g/mol. The third-order valence-corrected chi connectivity index (χ3v) is 7.41. The van der Waals surface area contributed by atoms with Crippen LogP contribution in [0.4, 0.5) is 0 Å². The molecule has 1 aromatic heterocycles. The summed E-state index contributed by atoms with van der Waals surface area (Å²) in [4.78, 5) is 0.159. The van der Waals surface area contributed by atoms with Crippen molar-refractivity contribution in [3.05, 3.63) is 42.5 Å². The van der Waals surface area contributed by atoms with Gasteiger partial charge in [0.2, 0.25) is 9.84 Å². The fraction of sp³-hybridized carbons (Fsp3) is 0.0909. The minimum Gasteiger partial charge on any atom is -0.223 e. The smallest absolute Gasteiger partial charge is 0.215 e. The van der Waals surface area contributed by atoms with Gasteiger partial charge in [0.05, 0.1) is 4.90 Å². The third kappa shape index (κ3) is 2.47. The molecule has 0 saturated carbocycles. The van der Waals surface area contributed by atoms with E-state index in [1.54, 1.807) is 18.2 Å². The minimum absolute atomic E-state index is 0.0362. The lowest BCUT2D eigenvalue weighted by Gasteiger charge is -2.00. The van der Waals surface area contributed by atoms with E-state index in [4.69, 9.17) is 0 Å². The van der Waals surface area contributed by atoms with Crippen molar-refractivity contribution in [2.45, 2.75) is 13.3 Å². The Hall–Kier alpha value is -1.18. The summed E-state index contributed by atoms with van der Waals surface area (Å²) < 4.78 is 47.1. The van der Waals surface area contributed by atoms with Crippen molar-refractivity contribution in [2.75, 3.05) is 6.26 Å². The number of benzene rings is 1. The fourth-order valence-electron chi connectivity index (χ4n) is 1.36. The topological polar surface area (TPSA) is 68.3 Å². The largest absolute Gasteiger partial charge is 0.223 e. The zero-order valence-electron chi connectivity index (χ0n) is 9.40. The Morgan fingerprint density at radius 1 is 0.833 bits per heavy atom. The van der Waals surface area contributed by atoms with E-state index in [1.807, 2.05) is 0 Å². The van der Waals surface area contributed by atoms with Gasteiger partial charge in [-0.3, -0.25) is 0 Å². The molecule has 0 N–H and O–H groups in total. The molecule has 0 radical (unpaired) electrons. The van der Waals surface area contributed by atoms with Crippen LogP contribution in [0.25, 0.3) is 0 Å². The Labute approximate surface area is 110 Å². The lowest BCUT2D eigenvalue weighted by Crippen LogP contribution is -1.98. The SMILES string of the molecule is CS(=O)(=O)c1ccc(S(=O)(=O)c2ccccc2)s1. The molecular formula is C11H10O4S3. The van der Waals surface area contributed by atoms with E-state index >= 15 is 0 Å². The molecule has 4 nitrogen and oxygen atoms in total. The number of hydrogen-bond donors (Lipinski definition) is 0. The van der Waals surface area contributed by atoms with E-state index in [9.17, 15) is 16.8 Å². The Morgan fingerprint density at radius 2 is 1.39 bits per heavy atom. The van der Waals surface area contributed by atoms with E-state index in [-0.39, 0.29) is 13.3 Å². The molecule has 0 aliphatic rings. The second-order valence-electron chi connectivity index (χ2n) is 3.66. The maximum Gasteiger partial charge on any atom is 0.215 e. The van der Waals surface area contributed by atoms with Gasteiger partial charge >= 0.3 is 0 Å². The monoisotopic (exact) mass is 302 g/mol. The van der Waals surface area contributed by atoms with Gasteiger partial charge in [0.15, 0.2) is 9.84 Å². The summed E-state index contributed by atoms with van der Waals surface area (Å²) in [6.07, 6.45) is 1.05. The summed E-state index contributed by atoms with van der Waals surface area (Å²) in [5.74, 6) is 0. The van der Waals surface area contributed by atoms with E-state index in [0.29, 0.717) is 0 Å².